The van der Waals surface area contributed by atoms with Crippen molar-refractivity contribution in [2.24, 2.45) is 5.84 Å². The Bertz CT molecular complexity index is 446. The summed E-state index contributed by atoms with van der Waals surface area (Å²) in [7, 11) is 0. The van der Waals surface area contributed by atoms with Crippen LogP contribution in [0.4, 0.5) is 11.6 Å². The van der Waals surface area contributed by atoms with E-state index in [0.29, 0.717) is 5.82 Å². The van der Waals surface area contributed by atoms with E-state index < -0.39 is 0 Å². The lowest BCUT2D eigenvalue weighted by Gasteiger charge is -2.38. The van der Waals surface area contributed by atoms with Gasteiger partial charge >= 0.3 is 0 Å². The number of nitrogens with one attached hydrogen (secondary N) is 1. The SMILES string of the molecule is CSc1nc(NN)cc(N2CCN(C3CCCC3)CC2)n1. The lowest BCUT2D eigenvalue weighted by atomic mass is 10.2. The van der Waals surface area contributed by atoms with Crippen molar-refractivity contribution in [3.8, 4) is 0 Å². The van der Waals surface area contributed by atoms with Gasteiger partial charge in [-0.3, -0.25) is 4.90 Å². The lowest BCUT2D eigenvalue weighted by molar-refractivity contribution is 0.187. The number of aromatic nitrogens is 2. The topological polar surface area (TPSA) is 70.3 Å². The molecule has 2 heterocycles. The highest BCUT2D eigenvalue weighted by molar-refractivity contribution is 7.98. The molecule has 1 aromatic heterocycles. The molecule has 1 aromatic rings. The number of anilines is 2. The van der Waals surface area contributed by atoms with Crippen molar-refractivity contribution in [3.05, 3.63) is 6.07 Å². The standard InChI is InChI=1S/C14H24N6S/c1-21-14-16-12(18-15)10-13(17-14)20-8-6-19(7-9-20)11-4-2-3-5-11/h10-11H,2-9,15H2,1H3,(H,16,17,18). The van der Waals surface area contributed by atoms with Crippen molar-refractivity contribution < 1.29 is 0 Å². The molecule has 7 heteroatoms. The van der Waals surface area contributed by atoms with Gasteiger partial charge in [0, 0.05) is 38.3 Å². The monoisotopic (exact) mass is 308 g/mol. The van der Waals surface area contributed by atoms with E-state index in [2.05, 4.69) is 25.2 Å². The van der Waals surface area contributed by atoms with Crippen molar-refractivity contribution in [2.75, 3.05) is 42.8 Å². The largest absolute Gasteiger partial charge is 0.354 e. The zero-order valence-electron chi connectivity index (χ0n) is 12.6. The number of thioether (sulfide) groups is 1. The number of nitrogens with zero attached hydrogens (tertiary/aromatic N) is 4. The Morgan fingerprint density at radius 2 is 1.90 bits per heavy atom. The molecule has 2 aliphatic rings. The molecule has 1 aliphatic heterocycles. The second-order valence-corrected chi connectivity index (χ2v) is 6.48. The zero-order chi connectivity index (χ0) is 14.7. The summed E-state index contributed by atoms with van der Waals surface area (Å²) in [4.78, 5) is 13.9. The van der Waals surface area contributed by atoms with E-state index in [9.17, 15) is 0 Å². The third-order valence-electron chi connectivity index (χ3n) is 4.50. The van der Waals surface area contributed by atoms with Crippen molar-refractivity contribution in [3.63, 3.8) is 0 Å². The van der Waals surface area contributed by atoms with Gasteiger partial charge in [0.05, 0.1) is 0 Å². The molecular formula is C14H24N6S. The van der Waals surface area contributed by atoms with Gasteiger partial charge < -0.3 is 10.3 Å². The summed E-state index contributed by atoms with van der Waals surface area (Å²) in [5.41, 5.74) is 2.63. The van der Waals surface area contributed by atoms with Crippen LogP contribution in [0, 0.1) is 0 Å². The van der Waals surface area contributed by atoms with Crippen LogP contribution in [0.15, 0.2) is 11.2 Å². The van der Waals surface area contributed by atoms with Crippen molar-refractivity contribution in [1.29, 1.82) is 0 Å². The first-order chi connectivity index (χ1) is 10.3. The summed E-state index contributed by atoms with van der Waals surface area (Å²) in [6.07, 6.45) is 7.55. The maximum Gasteiger partial charge on any atom is 0.191 e. The number of rotatable bonds is 4. The Morgan fingerprint density at radius 3 is 2.52 bits per heavy atom. The normalized spacial score (nSPS) is 21.0. The maximum atomic E-state index is 5.50. The van der Waals surface area contributed by atoms with Gasteiger partial charge in [0.2, 0.25) is 0 Å². The predicted octanol–water partition coefficient (Wildman–Crippen LogP) is 1.55. The average molecular weight is 308 g/mol. The van der Waals surface area contributed by atoms with Crippen LogP contribution in [0.2, 0.25) is 0 Å². The Labute approximate surface area is 130 Å². The smallest absolute Gasteiger partial charge is 0.191 e. The number of hydrazine groups is 1. The molecule has 116 valence electrons. The number of hydrogen-bond acceptors (Lipinski definition) is 7. The van der Waals surface area contributed by atoms with Gasteiger partial charge in [-0.1, -0.05) is 24.6 Å². The first-order valence-electron chi connectivity index (χ1n) is 7.69. The molecule has 1 saturated carbocycles. The highest BCUT2D eigenvalue weighted by Gasteiger charge is 2.26. The van der Waals surface area contributed by atoms with Gasteiger partial charge in [0.1, 0.15) is 11.6 Å². The predicted molar refractivity (Wildman–Crippen MR) is 87.7 cm³/mol. The minimum Gasteiger partial charge on any atom is -0.354 e. The Balaban J connectivity index is 1.65. The van der Waals surface area contributed by atoms with Gasteiger partial charge in [-0.25, -0.2) is 15.8 Å². The van der Waals surface area contributed by atoms with Gasteiger partial charge in [0.15, 0.2) is 5.16 Å². The molecule has 0 bridgehead atoms. The minimum absolute atomic E-state index is 0.683. The molecule has 1 aliphatic carbocycles. The van der Waals surface area contributed by atoms with Crippen LogP contribution < -0.4 is 16.2 Å². The summed E-state index contributed by atoms with van der Waals surface area (Å²) in [5.74, 6) is 7.16. The minimum atomic E-state index is 0.683. The number of nitrogens with two attached hydrogens (primary N) is 1. The molecule has 3 N–H and O–H groups in total. The van der Waals surface area contributed by atoms with Crippen molar-refractivity contribution >= 4 is 23.4 Å². The maximum absolute atomic E-state index is 5.50. The third kappa shape index (κ3) is 3.41. The van der Waals surface area contributed by atoms with E-state index in [4.69, 9.17) is 5.84 Å². The van der Waals surface area contributed by atoms with Gasteiger partial charge in [-0.2, -0.15) is 0 Å². The van der Waals surface area contributed by atoms with E-state index >= 15 is 0 Å². The Morgan fingerprint density at radius 1 is 1.19 bits per heavy atom. The van der Waals surface area contributed by atoms with E-state index in [-0.39, 0.29) is 0 Å². The van der Waals surface area contributed by atoms with E-state index in [1.165, 1.54) is 25.7 Å². The molecular weight excluding hydrogens is 284 g/mol. The summed E-state index contributed by atoms with van der Waals surface area (Å²) >= 11 is 1.54. The average Bonchev–Trinajstić information content (AvgIpc) is 3.09. The van der Waals surface area contributed by atoms with Crippen LogP contribution in [-0.4, -0.2) is 53.3 Å². The molecule has 0 amide bonds. The molecule has 0 atom stereocenters. The van der Waals surface area contributed by atoms with Crippen molar-refractivity contribution in [1.82, 2.24) is 14.9 Å². The summed E-state index contributed by atoms with van der Waals surface area (Å²) < 4.78 is 0. The molecule has 0 radical (unpaired) electrons. The van der Waals surface area contributed by atoms with E-state index in [1.807, 2.05) is 12.3 Å². The molecule has 1 saturated heterocycles. The number of hydrogen-bond donors (Lipinski definition) is 2. The molecule has 21 heavy (non-hydrogen) atoms. The van der Waals surface area contributed by atoms with Crippen LogP contribution >= 0.6 is 11.8 Å². The molecule has 2 fully saturated rings. The number of piperazine rings is 1. The number of nitrogen functional groups attached to an aromatic ring is 1. The van der Waals surface area contributed by atoms with E-state index in [1.54, 1.807) is 11.8 Å². The van der Waals surface area contributed by atoms with Crippen LogP contribution in [0.1, 0.15) is 25.7 Å². The van der Waals surface area contributed by atoms with Crippen molar-refractivity contribution in [2.45, 2.75) is 36.9 Å². The van der Waals surface area contributed by atoms with Gasteiger partial charge in [-0.15, -0.1) is 0 Å². The lowest BCUT2D eigenvalue weighted by Crippen LogP contribution is -2.50. The Hall–Kier alpha value is -1.05. The Kier molecular flexibility index (Phi) is 4.82. The zero-order valence-corrected chi connectivity index (χ0v) is 13.4. The van der Waals surface area contributed by atoms with E-state index in [0.717, 1.165) is 43.2 Å². The second-order valence-electron chi connectivity index (χ2n) is 5.70. The fourth-order valence-corrected chi connectivity index (χ4v) is 3.70. The second kappa shape index (κ2) is 6.81. The highest BCUT2D eigenvalue weighted by atomic mass is 32.2. The highest BCUT2D eigenvalue weighted by Crippen LogP contribution is 2.26. The van der Waals surface area contributed by atoms with Crippen LogP contribution in [0.25, 0.3) is 0 Å². The summed E-state index contributed by atoms with van der Waals surface area (Å²) in [6.45, 7) is 4.33. The van der Waals surface area contributed by atoms with Crippen LogP contribution in [0.5, 0.6) is 0 Å². The third-order valence-corrected chi connectivity index (χ3v) is 5.05. The van der Waals surface area contributed by atoms with Gasteiger partial charge in [0.25, 0.3) is 0 Å². The summed E-state index contributed by atoms with van der Waals surface area (Å²) in [5, 5.41) is 0.763. The molecule has 6 nitrogen and oxygen atoms in total. The fourth-order valence-electron chi connectivity index (χ4n) is 3.33. The molecule has 3 rings (SSSR count). The fraction of sp³-hybridized carbons (Fsp3) is 0.714. The molecule has 0 aromatic carbocycles. The van der Waals surface area contributed by atoms with Crippen LogP contribution in [-0.2, 0) is 0 Å². The van der Waals surface area contributed by atoms with Crippen LogP contribution in [0.3, 0.4) is 0 Å². The molecule has 0 unspecified atom stereocenters. The first kappa shape index (κ1) is 14.9. The molecule has 0 spiro atoms. The van der Waals surface area contributed by atoms with Gasteiger partial charge in [-0.05, 0) is 19.1 Å². The summed E-state index contributed by atoms with van der Waals surface area (Å²) in [6, 6.07) is 2.76. The quantitative estimate of drug-likeness (QED) is 0.378. The first-order valence-corrected chi connectivity index (χ1v) is 8.91.